The van der Waals surface area contributed by atoms with E-state index in [-0.39, 0.29) is 0 Å². The van der Waals surface area contributed by atoms with Crippen molar-refractivity contribution in [2.45, 2.75) is 0 Å². The Bertz CT molecular complexity index is 1190. The quantitative estimate of drug-likeness (QED) is 0.204. The second-order valence-corrected chi connectivity index (χ2v) is 9.21. The molecule has 0 amide bonds. The molecule has 1 aromatic carbocycles. The number of anilines is 3. The average molecular weight is 525 g/mol. The Kier molecular flexibility index (Phi) is 8.08. The van der Waals surface area contributed by atoms with Crippen molar-refractivity contribution in [2.75, 3.05) is 74.9 Å². The summed E-state index contributed by atoms with van der Waals surface area (Å²) >= 11 is 1.32. The van der Waals surface area contributed by atoms with E-state index in [1.807, 2.05) is 11.4 Å². The summed E-state index contributed by atoms with van der Waals surface area (Å²) in [7, 11) is 1.53. The number of carbonyl (C=O) groups is 1. The van der Waals surface area contributed by atoms with Gasteiger partial charge < -0.3 is 28.7 Å². The second kappa shape index (κ2) is 12.0. The molecule has 1 N–H and O–H groups in total. The molecule has 0 unspecified atom stereocenters. The molecule has 0 bridgehead atoms. The van der Waals surface area contributed by atoms with Gasteiger partial charge in [-0.15, -0.1) is 11.3 Å². The summed E-state index contributed by atoms with van der Waals surface area (Å²) in [5.41, 5.74) is 3.79. The van der Waals surface area contributed by atoms with E-state index in [2.05, 4.69) is 25.3 Å². The number of esters is 1. The summed E-state index contributed by atoms with van der Waals surface area (Å²) < 4.78 is 21.9. The molecule has 0 spiro atoms. The van der Waals surface area contributed by atoms with E-state index in [0.29, 0.717) is 54.6 Å². The van der Waals surface area contributed by atoms with E-state index in [4.69, 9.17) is 23.9 Å². The Hall–Kier alpha value is -3.74. The van der Waals surface area contributed by atoms with Gasteiger partial charge in [0, 0.05) is 32.2 Å². The molecule has 0 radical (unpaired) electrons. The number of hydrogen-bond acceptors (Lipinski definition) is 12. The molecule has 0 atom stereocenters. The number of benzene rings is 1. The average Bonchev–Trinajstić information content (AvgIpc) is 3.50. The minimum Gasteiger partial charge on any atom is -0.493 e. The first-order chi connectivity index (χ1) is 18.2. The first-order valence-corrected chi connectivity index (χ1v) is 12.8. The predicted molar refractivity (Wildman–Crippen MR) is 142 cm³/mol. The van der Waals surface area contributed by atoms with E-state index in [1.165, 1.54) is 18.4 Å². The third kappa shape index (κ3) is 6.34. The summed E-state index contributed by atoms with van der Waals surface area (Å²) in [6, 6.07) is 10.6. The minimum absolute atomic E-state index is 0.340. The van der Waals surface area contributed by atoms with Crippen molar-refractivity contribution >= 4 is 41.1 Å². The SMILES string of the molecule is COc1cc(/C=N\Nc2cc(N3CCOCC3)nc(N3CCOCC3)n2)ccc1OC(=O)c1cccs1. The first-order valence-electron chi connectivity index (χ1n) is 12.0. The van der Waals surface area contributed by atoms with Crippen molar-refractivity contribution in [2.24, 2.45) is 5.10 Å². The molecule has 5 rings (SSSR count). The number of hydrogen-bond donors (Lipinski definition) is 1. The molecule has 4 heterocycles. The summed E-state index contributed by atoms with van der Waals surface area (Å²) in [4.78, 5) is 26.6. The molecule has 2 aliphatic heterocycles. The van der Waals surface area contributed by atoms with Crippen LogP contribution in [-0.2, 0) is 9.47 Å². The van der Waals surface area contributed by atoms with Gasteiger partial charge in [0.15, 0.2) is 17.3 Å². The number of ether oxygens (including phenoxy) is 4. The van der Waals surface area contributed by atoms with Crippen LogP contribution in [0.3, 0.4) is 0 Å². The lowest BCUT2D eigenvalue weighted by Gasteiger charge is -2.31. The van der Waals surface area contributed by atoms with Gasteiger partial charge in [-0.05, 0) is 35.2 Å². The number of aromatic nitrogens is 2. The van der Waals surface area contributed by atoms with Gasteiger partial charge in [-0.3, -0.25) is 5.43 Å². The van der Waals surface area contributed by atoms with Crippen LogP contribution in [0.15, 0.2) is 46.9 Å². The van der Waals surface area contributed by atoms with Crippen molar-refractivity contribution in [1.29, 1.82) is 0 Å². The summed E-state index contributed by atoms with van der Waals surface area (Å²) in [6.07, 6.45) is 1.65. The zero-order valence-corrected chi connectivity index (χ0v) is 21.3. The maximum atomic E-state index is 12.3. The normalized spacial score (nSPS) is 16.1. The van der Waals surface area contributed by atoms with Gasteiger partial charge >= 0.3 is 5.97 Å². The fraction of sp³-hybridized carbons (Fsp3) is 0.360. The monoisotopic (exact) mass is 524 g/mol. The molecule has 12 heteroatoms. The smallest absolute Gasteiger partial charge is 0.353 e. The topological polar surface area (TPSA) is 111 Å². The molecule has 194 valence electrons. The number of rotatable bonds is 8. The van der Waals surface area contributed by atoms with E-state index in [0.717, 1.165) is 37.6 Å². The van der Waals surface area contributed by atoms with E-state index in [9.17, 15) is 4.79 Å². The van der Waals surface area contributed by atoms with Gasteiger partial charge in [0.05, 0.1) is 39.8 Å². The zero-order chi connectivity index (χ0) is 25.5. The highest BCUT2D eigenvalue weighted by Gasteiger charge is 2.19. The molecule has 2 fully saturated rings. The van der Waals surface area contributed by atoms with Crippen LogP contribution < -0.4 is 24.7 Å². The Morgan fingerprint density at radius 3 is 2.49 bits per heavy atom. The summed E-state index contributed by atoms with van der Waals surface area (Å²) in [5.74, 6) is 2.40. The van der Waals surface area contributed by atoms with Crippen molar-refractivity contribution in [3.8, 4) is 11.5 Å². The Balaban J connectivity index is 1.31. The van der Waals surface area contributed by atoms with E-state index < -0.39 is 5.97 Å². The second-order valence-electron chi connectivity index (χ2n) is 8.26. The van der Waals surface area contributed by atoms with Crippen molar-refractivity contribution < 1.29 is 23.7 Å². The third-order valence-electron chi connectivity index (χ3n) is 5.84. The van der Waals surface area contributed by atoms with Crippen LogP contribution in [0, 0.1) is 0 Å². The fourth-order valence-electron chi connectivity index (χ4n) is 3.91. The van der Waals surface area contributed by atoms with Crippen LogP contribution in [0.4, 0.5) is 17.6 Å². The summed E-state index contributed by atoms with van der Waals surface area (Å²) in [6.45, 7) is 5.63. The maximum Gasteiger partial charge on any atom is 0.353 e. The fourth-order valence-corrected chi connectivity index (χ4v) is 4.50. The van der Waals surface area contributed by atoms with Gasteiger partial charge in [-0.25, -0.2) is 4.79 Å². The molecular weight excluding hydrogens is 496 g/mol. The molecular formula is C25H28N6O5S. The lowest BCUT2D eigenvalue weighted by Crippen LogP contribution is -2.39. The number of carbonyl (C=O) groups excluding carboxylic acids is 1. The largest absolute Gasteiger partial charge is 0.493 e. The molecule has 2 aliphatic rings. The molecule has 0 saturated carbocycles. The zero-order valence-electron chi connectivity index (χ0n) is 20.5. The van der Waals surface area contributed by atoms with Crippen LogP contribution in [0.5, 0.6) is 11.5 Å². The lowest BCUT2D eigenvalue weighted by molar-refractivity contribution is 0.0735. The van der Waals surface area contributed by atoms with Gasteiger partial charge in [-0.1, -0.05) is 6.07 Å². The number of methoxy groups -OCH3 is 1. The van der Waals surface area contributed by atoms with Gasteiger partial charge in [-0.2, -0.15) is 15.1 Å². The van der Waals surface area contributed by atoms with Crippen molar-refractivity contribution in [1.82, 2.24) is 9.97 Å². The number of thiophene rings is 1. The van der Waals surface area contributed by atoms with Crippen LogP contribution in [0.1, 0.15) is 15.2 Å². The van der Waals surface area contributed by atoms with Crippen LogP contribution in [0.25, 0.3) is 0 Å². The molecule has 11 nitrogen and oxygen atoms in total. The van der Waals surface area contributed by atoms with Crippen LogP contribution in [-0.4, -0.2) is 81.9 Å². The molecule has 37 heavy (non-hydrogen) atoms. The number of nitrogens with zero attached hydrogens (tertiary/aromatic N) is 5. The highest BCUT2D eigenvalue weighted by atomic mass is 32.1. The number of hydrazone groups is 1. The Labute approximate surface area is 218 Å². The van der Waals surface area contributed by atoms with E-state index in [1.54, 1.807) is 36.5 Å². The summed E-state index contributed by atoms with van der Waals surface area (Å²) in [5, 5.41) is 6.20. The van der Waals surface area contributed by atoms with Gasteiger partial charge in [0.2, 0.25) is 5.95 Å². The number of morpholine rings is 2. The van der Waals surface area contributed by atoms with Gasteiger partial charge in [0.1, 0.15) is 10.7 Å². The minimum atomic E-state index is -0.424. The van der Waals surface area contributed by atoms with Crippen LogP contribution in [0.2, 0.25) is 0 Å². The maximum absolute atomic E-state index is 12.3. The first kappa shape index (κ1) is 24.9. The molecule has 2 saturated heterocycles. The van der Waals surface area contributed by atoms with E-state index >= 15 is 0 Å². The van der Waals surface area contributed by atoms with Crippen molar-refractivity contribution in [3.05, 3.63) is 52.2 Å². The molecule has 3 aromatic rings. The Morgan fingerprint density at radius 1 is 1.03 bits per heavy atom. The third-order valence-corrected chi connectivity index (χ3v) is 6.69. The Morgan fingerprint density at radius 2 is 1.78 bits per heavy atom. The number of nitrogens with one attached hydrogen (secondary N) is 1. The highest BCUT2D eigenvalue weighted by Crippen LogP contribution is 2.29. The standard InChI is InChI=1S/C25H28N6O5S/c1-33-20-15-18(4-5-19(20)36-24(32)21-3-2-14-37-21)17-26-29-22-16-23(30-6-10-34-11-7-30)28-25(27-22)31-8-12-35-13-9-31/h2-5,14-17H,6-13H2,1H3,(H,27,28,29)/b26-17-. The van der Waals surface area contributed by atoms with Gasteiger partial charge in [0.25, 0.3) is 0 Å². The predicted octanol–water partition coefficient (Wildman–Crippen LogP) is 2.89. The van der Waals surface area contributed by atoms with Crippen molar-refractivity contribution in [3.63, 3.8) is 0 Å². The molecule has 0 aliphatic carbocycles. The van der Waals surface area contributed by atoms with Crippen LogP contribution >= 0.6 is 11.3 Å². The molecule has 2 aromatic heterocycles. The highest BCUT2D eigenvalue weighted by molar-refractivity contribution is 7.12. The lowest BCUT2D eigenvalue weighted by atomic mass is 10.2.